The molecule has 1 aromatic heterocycles. The zero-order chi connectivity index (χ0) is 21.0. The van der Waals surface area contributed by atoms with Crippen LogP contribution in [0.4, 0.5) is 10.2 Å². The molecule has 2 aliphatic heterocycles. The molecule has 1 N–H and O–H groups in total. The normalized spacial score (nSPS) is 11.2. The highest BCUT2D eigenvalue weighted by Gasteiger charge is 2.24. The van der Waals surface area contributed by atoms with Gasteiger partial charge >= 0.3 is 5.69 Å². The smallest absolute Gasteiger partial charge is 0.305 e. The number of fused-ring (bicyclic) bond motifs is 1. The molecule has 1 amide bonds. The van der Waals surface area contributed by atoms with Gasteiger partial charge < -0.3 is 5.32 Å². The van der Waals surface area contributed by atoms with Crippen molar-refractivity contribution in [1.29, 1.82) is 0 Å². The Morgan fingerprint density at radius 1 is 1.24 bits per heavy atom. The largest absolute Gasteiger partial charge is 0.354 e. The number of aryl methyl sites for hydroxylation is 2. The summed E-state index contributed by atoms with van der Waals surface area (Å²) in [6.45, 7) is 5.38. The van der Waals surface area contributed by atoms with Crippen LogP contribution in [0, 0.1) is 20.8 Å². The van der Waals surface area contributed by atoms with Gasteiger partial charge in [-0.1, -0.05) is 6.42 Å². The highest BCUT2D eigenvalue weighted by atomic mass is 32.2. The van der Waals surface area contributed by atoms with Crippen molar-refractivity contribution in [2.24, 2.45) is 0 Å². The fourth-order valence-corrected chi connectivity index (χ4v) is 5.34. The molecule has 0 unspecified atom stereocenters. The SMILES string of the molecule is Cc1ccc(C(=O)Nc2nc(=O)n3c(C)c(C)sc(SCCCCCF)c2-3)cn1. The number of anilines is 1. The van der Waals surface area contributed by atoms with Crippen LogP contribution < -0.4 is 11.0 Å². The maximum atomic E-state index is 12.6. The van der Waals surface area contributed by atoms with E-state index in [1.54, 1.807) is 39.8 Å². The number of amides is 1. The van der Waals surface area contributed by atoms with Crippen LogP contribution in [-0.4, -0.2) is 32.9 Å². The van der Waals surface area contributed by atoms with Gasteiger partial charge in [-0.2, -0.15) is 4.98 Å². The van der Waals surface area contributed by atoms with E-state index in [2.05, 4.69) is 15.3 Å². The Hall–Kier alpha value is -2.26. The maximum Gasteiger partial charge on any atom is 0.354 e. The Balaban J connectivity index is 1.91. The molecule has 0 saturated carbocycles. The number of nitrogens with zero attached hydrogens (tertiary/aromatic N) is 3. The zero-order valence-electron chi connectivity index (χ0n) is 16.6. The van der Waals surface area contributed by atoms with Gasteiger partial charge in [0.1, 0.15) is 5.69 Å². The lowest BCUT2D eigenvalue weighted by Gasteiger charge is -2.15. The lowest BCUT2D eigenvalue weighted by Crippen LogP contribution is -2.17. The first-order valence-corrected chi connectivity index (χ1v) is 11.2. The molecular weight excluding hydrogens is 411 g/mol. The number of rotatable bonds is 8. The molecule has 154 valence electrons. The molecule has 0 aliphatic carbocycles. The Morgan fingerprint density at radius 3 is 2.72 bits per heavy atom. The maximum absolute atomic E-state index is 12.6. The van der Waals surface area contributed by atoms with Gasteiger partial charge in [0.25, 0.3) is 5.91 Å². The lowest BCUT2D eigenvalue weighted by molar-refractivity contribution is 0.102. The van der Waals surface area contributed by atoms with Gasteiger partial charge in [0.05, 0.1) is 16.4 Å². The van der Waals surface area contributed by atoms with Crippen LogP contribution in [0.2, 0.25) is 0 Å². The number of nitrogens with one attached hydrogen (secondary N) is 1. The first kappa shape index (κ1) is 21.4. The summed E-state index contributed by atoms with van der Waals surface area (Å²) < 4.78 is 14.8. The van der Waals surface area contributed by atoms with Gasteiger partial charge in [-0.3, -0.25) is 18.7 Å². The molecule has 29 heavy (non-hydrogen) atoms. The van der Waals surface area contributed by atoms with E-state index in [0.717, 1.165) is 39.1 Å². The van der Waals surface area contributed by atoms with Gasteiger partial charge in [-0.15, -0.1) is 23.1 Å². The quantitative estimate of drug-likeness (QED) is 0.416. The van der Waals surface area contributed by atoms with Crippen molar-refractivity contribution in [2.45, 2.75) is 44.2 Å². The molecule has 3 rings (SSSR count). The Bertz CT molecular complexity index is 1030. The Morgan fingerprint density at radius 2 is 2.03 bits per heavy atom. The van der Waals surface area contributed by atoms with E-state index in [0.29, 0.717) is 17.7 Å². The van der Waals surface area contributed by atoms with Gasteiger partial charge in [0.2, 0.25) is 0 Å². The number of aromatic nitrogens is 3. The third kappa shape index (κ3) is 4.84. The average molecular weight is 435 g/mol. The van der Waals surface area contributed by atoms with Gasteiger partial charge in [0.15, 0.2) is 5.82 Å². The molecule has 3 heterocycles. The van der Waals surface area contributed by atoms with E-state index in [-0.39, 0.29) is 18.4 Å². The minimum absolute atomic E-state index is 0.256. The summed E-state index contributed by atoms with van der Waals surface area (Å²) in [5.74, 6) is 0.703. The number of hydrogen-bond acceptors (Lipinski definition) is 6. The van der Waals surface area contributed by atoms with Crippen LogP contribution in [0.3, 0.4) is 0 Å². The number of unbranched alkanes of at least 4 members (excludes halogenated alkanes) is 2. The molecule has 0 atom stereocenters. The summed E-state index contributed by atoms with van der Waals surface area (Å²) in [5.41, 5.74) is 2.23. The average Bonchev–Trinajstić information content (AvgIpc) is 3.02. The predicted molar refractivity (Wildman–Crippen MR) is 116 cm³/mol. The third-order valence-corrected chi connectivity index (χ3v) is 7.08. The molecule has 1 aromatic rings. The number of carbonyl (C=O) groups is 1. The summed E-state index contributed by atoms with van der Waals surface area (Å²) >= 11 is 3.18. The molecule has 0 fully saturated rings. The fraction of sp³-hybridized carbons (Fsp3) is 0.400. The van der Waals surface area contributed by atoms with Gasteiger partial charge in [0, 0.05) is 22.5 Å². The second-order valence-electron chi connectivity index (χ2n) is 6.70. The zero-order valence-corrected chi connectivity index (χ0v) is 18.3. The van der Waals surface area contributed by atoms with Crippen molar-refractivity contribution in [3.8, 4) is 5.69 Å². The first-order chi connectivity index (χ1) is 13.9. The number of imidazole rings is 1. The minimum Gasteiger partial charge on any atom is -0.305 e. The van der Waals surface area contributed by atoms with E-state index in [1.165, 1.54) is 6.20 Å². The number of halogens is 1. The highest BCUT2D eigenvalue weighted by Crippen LogP contribution is 2.38. The van der Waals surface area contributed by atoms with Crippen molar-refractivity contribution >= 4 is 34.8 Å². The predicted octanol–water partition coefficient (Wildman–Crippen LogP) is 4.54. The summed E-state index contributed by atoms with van der Waals surface area (Å²) in [4.78, 5) is 34.4. The molecule has 0 aromatic carbocycles. The number of pyridine rings is 1. The van der Waals surface area contributed by atoms with Crippen LogP contribution in [0.1, 0.15) is 45.9 Å². The Labute approximate surface area is 176 Å². The van der Waals surface area contributed by atoms with Gasteiger partial charge in [-0.25, -0.2) is 4.79 Å². The van der Waals surface area contributed by atoms with Crippen LogP contribution in [0.25, 0.3) is 5.69 Å². The van der Waals surface area contributed by atoms with Crippen molar-refractivity contribution in [2.75, 3.05) is 17.7 Å². The lowest BCUT2D eigenvalue weighted by atomic mass is 10.2. The summed E-state index contributed by atoms with van der Waals surface area (Å²) in [6.07, 6.45) is 3.77. The molecule has 0 radical (unpaired) electrons. The molecular formula is C20H23FN4O2S2. The highest BCUT2D eigenvalue weighted by molar-refractivity contribution is 8.01. The molecule has 6 nitrogen and oxygen atoms in total. The van der Waals surface area contributed by atoms with Crippen molar-refractivity contribution in [3.05, 3.63) is 50.6 Å². The van der Waals surface area contributed by atoms with E-state index in [4.69, 9.17) is 0 Å². The van der Waals surface area contributed by atoms with Crippen LogP contribution in [0.15, 0.2) is 27.3 Å². The second-order valence-corrected chi connectivity index (χ2v) is 9.29. The summed E-state index contributed by atoms with van der Waals surface area (Å²) in [7, 11) is 0. The number of thioether (sulfide) groups is 1. The molecule has 0 spiro atoms. The summed E-state index contributed by atoms with van der Waals surface area (Å²) in [6, 6.07) is 3.44. The number of carbonyl (C=O) groups excluding carboxylic acids is 1. The monoisotopic (exact) mass is 434 g/mol. The van der Waals surface area contributed by atoms with Crippen LogP contribution >= 0.6 is 23.1 Å². The number of hydrogen-bond donors (Lipinski definition) is 1. The Kier molecular flexibility index (Phi) is 7.02. The van der Waals surface area contributed by atoms with E-state index < -0.39 is 5.69 Å². The van der Waals surface area contributed by atoms with Crippen molar-refractivity contribution in [1.82, 2.24) is 14.5 Å². The second kappa shape index (κ2) is 9.49. The van der Waals surface area contributed by atoms with E-state index >= 15 is 0 Å². The van der Waals surface area contributed by atoms with Crippen molar-refractivity contribution in [3.63, 3.8) is 0 Å². The number of alkyl halides is 1. The van der Waals surface area contributed by atoms with Crippen molar-refractivity contribution < 1.29 is 9.18 Å². The molecule has 2 aliphatic rings. The fourth-order valence-electron chi connectivity index (χ4n) is 2.82. The van der Waals surface area contributed by atoms with Crippen LogP contribution in [0.5, 0.6) is 0 Å². The standard InChI is InChI=1S/C20H23FN4O2S2/c1-12-7-8-15(11-22-12)18(26)23-17-16-19(28-10-6-4-5-9-21)29-14(3)13(2)25(16)20(27)24-17/h7-8,11H,4-6,9-10H2,1-3H3,(H,23,24,26,27). The van der Waals surface area contributed by atoms with Crippen LogP contribution in [-0.2, 0) is 0 Å². The molecule has 0 saturated heterocycles. The van der Waals surface area contributed by atoms with E-state index in [1.807, 2.05) is 20.8 Å². The van der Waals surface area contributed by atoms with Gasteiger partial charge in [-0.05, 0) is 51.5 Å². The van der Waals surface area contributed by atoms with E-state index in [9.17, 15) is 14.0 Å². The molecule has 0 bridgehead atoms. The minimum atomic E-state index is -0.412. The topological polar surface area (TPSA) is 76.9 Å². The molecule has 9 heteroatoms. The first-order valence-electron chi connectivity index (χ1n) is 9.38. The summed E-state index contributed by atoms with van der Waals surface area (Å²) in [5, 5.41) is 2.77. The third-order valence-electron chi connectivity index (χ3n) is 4.55.